The number of carboxylic acids is 1. The molecule has 2 aromatic rings. The summed E-state index contributed by atoms with van der Waals surface area (Å²) < 4.78 is 1.70. The fourth-order valence-corrected chi connectivity index (χ4v) is 2.42. The number of carboxylic acid groups (broad SMARTS) is 1. The fraction of sp³-hybridized carbons (Fsp3) is 0.154. The third-order valence-electron chi connectivity index (χ3n) is 3.00. The highest BCUT2D eigenvalue weighted by Gasteiger charge is 2.26. The summed E-state index contributed by atoms with van der Waals surface area (Å²) >= 11 is 1.42. The SMILES string of the molecule is CSc1nc2n(n1)[C@H](c1ccccc1)C=C(C(=O)O)N2. The number of carbonyl (C=O) groups is 1. The van der Waals surface area contributed by atoms with Crippen LogP contribution < -0.4 is 5.32 Å². The van der Waals surface area contributed by atoms with Gasteiger partial charge in [-0.2, -0.15) is 4.98 Å². The van der Waals surface area contributed by atoms with E-state index in [1.54, 1.807) is 10.8 Å². The molecule has 6 nitrogen and oxygen atoms in total. The molecule has 2 heterocycles. The quantitative estimate of drug-likeness (QED) is 0.841. The highest BCUT2D eigenvalue weighted by molar-refractivity contribution is 7.98. The Morgan fingerprint density at radius 3 is 2.80 bits per heavy atom. The van der Waals surface area contributed by atoms with Gasteiger partial charge in [-0.25, -0.2) is 9.48 Å². The Labute approximate surface area is 119 Å². The Balaban J connectivity index is 2.11. The normalized spacial score (nSPS) is 17.1. The number of aromatic nitrogens is 3. The van der Waals surface area contributed by atoms with Gasteiger partial charge in [0.15, 0.2) is 0 Å². The van der Waals surface area contributed by atoms with Crippen LogP contribution in [0.4, 0.5) is 5.95 Å². The standard InChI is InChI=1S/C13H12N4O2S/c1-20-13-15-12-14-9(11(18)19)7-10(17(12)16-13)8-5-3-2-4-6-8/h2-7,10H,1H3,(H,18,19)(H,14,15,16)/t10-/m0/s1. The first kappa shape index (κ1) is 12.7. The summed E-state index contributed by atoms with van der Waals surface area (Å²) in [6.45, 7) is 0. The van der Waals surface area contributed by atoms with Crippen molar-refractivity contribution in [3.05, 3.63) is 47.7 Å². The zero-order valence-corrected chi connectivity index (χ0v) is 11.5. The van der Waals surface area contributed by atoms with Crippen LogP contribution in [0.1, 0.15) is 11.6 Å². The topological polar surface area (TPSA) is 80.0 Å². The molecular formula is C13H12N4O2S. The van der Waals surface area contributed by atoms with Gasteiger partial charge in [-0.3, -0.25) is 0 Å². The van der Waals surface area contributed by atoms with Crippen LogP contribution in [0, 0.1) is 0 Å². The zero-order valence-electron chi connectivity index (χ0n) is 10.6. The number of hydrogen-bond donors (Lipinski definition) is 2. The van der Waals surface area contributed by atoms with Gasteiger partial charge in [0, 0.05) is 0 Å². The molecule has 0 radical (unpaired) electrons. The van der Waals surface area contributed by atoms with E-state index in [1.807, 2.05) is 36.6 Å². The molecule has 1 aromatic carbocycles. The summed E-state index contributed by atoms with van der Waals surface area (Å²) in [6.07, 6.45) is 3.52. The first-order valence-electron chi connectivity index (χ1n) is 5.96. The number of rotatable bonds is 3. The highest BCUT2D eigenvalue weighted by atomic mass is 32.2. The zero-order chi connectivity index (χ0) is 14.1. The van der Waals surface area contributed by atoms with Crippen molar-refractivity contribution in [2.75, 3.05) is 11.6 Å². The molecule has 0 saturated carbocycles. The predicted molar refractivity (Wildman–Crippen MR) is 75.7 cm³/mol. The van der Waals surface area contributed by atoms with Crippen LogP contribution in [0.2, 0.25) is 0 Å². The number of fused-ring (bicyclic) bond motifs is 1. The van der Waals surface area contributed by atoms with Crippen LogP contribution >= 0.6 is 11.8 Å². The average Bonchev–Trinajstić information content (AvgIpc) is 2.90. The van der Waals surface area contributed by atoms with Gasteiger partial charge in [-0.1, -0.05) is 42.1 Å². The van der Waals surface area contributed by atoms with Crippen LogP contribution in [0.3, 0.4) is 0 Å². The second kappa shape index (κ2) is 5.01. The number of thioether (sulfide) groups is 1. The van der Waals surface area contributed by atoms with Crippen molar-refractivity contribution < 1.29 is 9.90 Å². The molecule has 102 valence electrons. The van der Waals surface area contributed by atoms with Gasteiger partial charge in [0.25, 0.3) is 0 Å². The molecule has 2 N–H and O–H groups in total. The Morgan fingerprint density at radius 1 is 1.40 bits per heavy atom. The van der Waals surface area contributed by atoms with Crippen molar-refractivity contribution in [3.8, 4) is 0 Å². The first-order valence-corrected chi connectivity index (χ1v) is 7.19. The van der Waals surface area contributed by atoms with Crippen molar-refractivity contribution in [1.82, 2.24) is 14.8 Å². The predicted octanol–water partition coefficient (Wildman–Crippen LogP) is 1.98. The minimum absolute atomic E-state index is 0.117. The number of anilines is 1. The fourth-order valence-electron chi connectivity index (χ4n) is 2.07. The van der Waals surface area contributed by atoms with E-state index >= 15 is 0 Å². The van der Waals surface area contributed by atoms with E-state index in [4.69, 9.17) is 0 Å². The van der Waals surface area contributed by atoms with Gasteiger partial charge in [0.05, 0.1) is 0 Å². The molecule has 0 fully saturated rings. The Bertz CT molecular complexity index is 681. The Morgan fingerprint density at radius 2 is 2.15 bits per heavy atom. The smallest absolute Gasteiger partial charge is 0.352 e. The van der Waals surface area contributed by atoms with E-state index in [0.717, 1.165) is 5.56 Å². The lowest BCUT2D eigenvalue weighted by molar-refractivity contribution is -0.132. The maximum absolute atomic E-state index is 11.2. The van der Waals surface area contributed by atoms with E-state index in [0.29, 0.717) is 11.1 Å². The number of nitrogens with zero attached hydrogens (tertiary/aromatic N) is 3. The minimum atomic E-state index is -1.01. The highest BCUT2D eigenvalue weighted by Crippen LogP contribution is 2.30. The van der Waals surface area contributed by atoms with Crippen molar-refractivity contribution in [1.29, 1.82) is 0 Å². The Hall–Kier alpha value is -2.28. The molecule has 0 aliphatic carbocycles. The Kier molecular flexibility index (Phi) is 3.19. The maximum atomic E-state index is 11.2. The number of nitrogens with one attached hydrogen (secondary N) is 1. The van der Waals surface area contributed by atoms with Crippen LogP contribution in [-0.2, 0) is 4.79 Å². The molecule has 0 spiro atoms. The first-order chi connectivity index (χ1) is 9.69. The molecule has 3 rings (SSSR count). The maximum Gasteiger partial charge on any atom is 0.352 e. The van der Waals surface area contributed by atoms with Gasteiger partial charge in [0.1, 0.15) is 11.7 Å². The molecular weight excluding hydrogens is 276 g/mol. The lowest BCUT2D eigenvalue weighted by Gasteiger charge is -2.22. The lowest BCUT2D eigenvalue weighted by Crippen LogP contribution is -2.24. The number of benzene rings is 1. The summed E-state index contributed by atoms with van der Waals surface area (Å²) in [5, 5.41) is 17.0. The van der Waals surface area contributed by atoms with E-state index in [2.05, 4.69) is 15.4 Å². The number of allylic oxidation sites excluding steroid dienone is 1. The molecule has 1 aliphatic rings. The molecule has 1 aliphatic heterocycles. The summed E-state index contributed by atoms with van der Waals surface area (Å²) in [4.78, 5) is 15.5. The largest absolute Gasteiger partial charge is 0.477 e. The molecule has 0 bridgehead atoms. The van der Waals surface area contributed by atoms with Crippen LogP contribution in [0.5, 0.6) is 0 Å². The second-order valence-corrected chi connectivity index (χ2v) is 5.01. The van der Waals surface area contributed by atoms with Gasteiger partial charge < -0.3 is 10.4 Å². The molecule has 0 saturated heterocycles. The summed E-state index contributed by atoms with van der Waals surface area (Å²) in [5.41, 5.74) is 1.08. The van der Waals surface area contributed by atoms with Gasteiger partial charge in [0.2, 0.25) is 11.1 Å². The monoisotopic (exact) mass is 288 g/mol. The van der Waals surface area contributed by atoms with E-state index < -0.39 is 5.97 Å². The van der Waals surface area contributed by atoms with Gasteiger partial charge in [-0.15, -0.1) is 5.10 Å². The number of aliphatic carboxylic acids is 1. The minimum Gasteiger partial charge on any atom is -0.477 e. The number of hydrogen-bond acceptors (Lipinski definition) is 5. The van der Waals surface area contributed by atoms with Crippen molar-refractivity contribution >= 4 is 23.7 Å². The summed E-state index contributed by atoms with van der Waals surface area (Å²) in [5.74, 6) is -0.561. The van der Waals surface area contributed by atoms with Crippen LogP contribution in [0.15, 0.2) is 47.3 Å². The average molecular weight is 288 g/mol. The van der Waals surface area contributed by atoms with E-state index in [-0.39, 0.29) is 11.7 Å². The van der Waals surface area contributed by atoms with E-state index in [9.17, 15) is 9.90 Å². The van der Waals surface area contributed by atoms with Crippen LogP contribution in [0.25, 0.3) is 0 Å². The van der Waals surface area contributed by atoms with E-state index in [1.165, 1.54) is 11.8 Å². The van der Waals surface area contributed by atoms with Crippen molar-refractivity contribution in [3.63, 3.8) is 0 Å². The molecule has 0 amide bonds. The van der Waals surface area contributed by atoms with Gasteiger partial charge >= 0.3 is 5.97 Å². The molecule has 1 atom stereocenters. The lowest BCUT2D eigenvalue weighted by atomic mass is 10.0. The summed E-state index contributed by atoms with van der Waals surface area (Å²) in [6, 6.07) is 9.36. The molecule has 1 aromatic heterocycles. The molecule has 20 heavy (non-hydrogen) atoms. The van der Waals surface area contributed by atoms with Crippen LogP contribution in [-0.4, -0.2) is 32.1 Å². The second-order valence-electron chi connectivity index (χ2n) is 4.23. The molecule has 7 heteroatoms. The van der Waals surface area contributed by atoms with Crippen molar-refractivity contribution in [2.24, 2.45) is 0 Å². The summed E-state index contributed by atoms with van der Waals surface area (Å²) in [7, 11) is 0. The molecule has 0 unspecified atom stereocenters. The third kappa shape index (κ3) is 2.16. The van der Waals surface area contributed by atoms with Crippen molar-refractivity contribution in [2.45, 2.75) is 11.2 Å². The van der Waals surface area contributed by atoms with Gasteiger partial charge in [-0.05, 0) is 17.9 Å². The third-order valence-corrected chi connectivity index (χ3v) is 3.54.